The molecule has 5 heteroatoms. The van der Waals surface area contributed by atoms with Crippen LogP contribution >= 0.6 is 0 Å². The smallest absolute Gasteiger partial charge is 0.252 e. The van der Waals surface area contributed by atoms with Crippen molar-refractivity contribution in [3.63, 3.8) is 0 Å². The van der Waals surface area contributed by atoms with E-state index in [4.69, 9.17) is 15.2 Å². The molecule has 2 atom stereocenters. The van der Waals surface area contributed by atoms with E-state index in [9.17, 15) is 4.79 Å². The maximum atomic E-state index is 12.2. The Kier molecular flexibility index (Phi) is 4.52. The SMILES string of the molecule is CC(CN)(NC(=O)C1COCCO1)c1ccccc1. The number of carbonyl (C=O) groups excluding carboxylic acids is 1. The summed E-state index contributed by atoms with van der Waals surface area (Å²) in [5, 5.41) is 2.96. The largest absolute Gasteiger partial charge is 0.376 e. The normalized spacial score (nSPS) is 22.5. The second-order valence-electron chi connectivity index (χ2n) is 4.83. The quantitative estimate of drug-likeness (QED) is 0.825. The predicted octanol–water partition coefficient (Wildman–Crippen LogP) is 0.392. The van der Waals surface area contributed by atoms with Crippen LogP contribution in [0.1, 0.15) is 12.5 Å². The van der Waals surface area contributed by atoms with Crippen molar-refractivity contribution in [3.05, 3.63) is 35.9 Å². The van der Waals surface area contributed by atoms with E-state index in [0.717, 1.165) is 5.56 Å². The molecule has 1 aromatic carbocycles. The Morgan fingerprint density at radius 3 is 2.74 bits per heavy atom. The first-order valence-electron chi connectivity index (χ1n) is 6.43. The molecule has 0 radical (unpaired) electrons. The lowest BCUT2D eigenvalue weighted by molar-refractivity contribution is -0.149. The fourth-order valence-electron chi connectivity index (χ4n) is 2.04. The number of amides is 1. The third kappa shape index (κ3) is 3.32. The maximum absolute atomic E-state index is 12.2. The van der Waals surface area contributed by atoms with Gasteiger partial charge in [-0.25, -0.2) is 0 Å². The van der Waals surface area contributed by atoms with E-state index in [1.54, 1.807) is 0 Å². The first-order chi connectivity index (χ1) is 9.15. The molecule has 5 nitrogen and oxygen atoms in total. The van der Waals surface area contributed by atoms with E-state index in [0.29, 0.717) is 26.4 Å². The zero-order valence-corrected chi connectivity index (χ0v) is 11.1. The number of nitrogens with two attached hydrogens (primary N) is 1. The Bertz CT molecular complexity index is 418. The average Bonchev–Trinajstić information content (AvgIpc) is 2.49. The van der Waals surface area contributed by atoms with Crippen molar-refractivity contribution in [2.45, 2.75) is 18.6 Å². The van der Waals surface area contributed by atoms with Gasteiger partial charge < -0.3 is 20.5 Å². The fourth-order valence-corrected chi connectivity index (χ4v) is 2.04. The summed E-state index contributed by atoms with van der Waals surface area (Å²) < 4.78 is 10.6. The minimum atomic E-state index is -0.598. The molecule has 1 heterocycles. The average molecular weight is 264 g/mol. The summed E-state index contributed by atoms with van der Waals surface area (Å²) in [7, 11) is 0. The summed E-state index contributed by atoms with van der Waals surface area (Å²) in [5.74, 6) is -0.184. The van der Waals surface area contributed by atoms with Crippen LogP contribution in [0, 0.1) is 0 Å². The Balaban J connectivity index is 2.07. The molecule has 1 saturated heterocycles. The molecular formula is C14H20N2O3. The minimum Gasteiger partial charge on any atom is -0.376 e. The highest BCUT2D eigenvalue weighted by Crippen LogP contribution is 2.19. The second-order valence-corrected chi connectivity index (χ2v) is 4.83. The van der Waals surface area contributed by atoms with Gasteiger partial charge >= 0.3 is 0 Å². The summed E-state index contributed by atoms with van der Waals surface area (Å²) >= 11 is 0. The van der Waals surface area contributed by atoms with E-state index in [2.05, 4.69) is 5.32 Å². The van der Waals surface area contributed by atoms with Crippen molar-refractivity contribution in [3.8, 4) is 0 Å². The number of carbonyl (C=O) groups is 1. The lowest BCUT2D eigenvalue weighted by Gasteiger charge is -2.32. The van der Waals surface area contributed by atoms with Crippen LogP contribution in [0.5, 0.6) is 0 Å². The Hall–Kier alpha value is -1.43. The topological polar surface area (TPSA) is 73.6 Å². The number of nitrogens with one attached hydrogen (secondary N) is 1. The molecule has 0 saturated carbocycles. The molecule has 1 aliphatic rings. The predicted molar refractivity (Wildman–Crippen MR) is 71.6 cm³/mol. The molecule has 0 aliphatic carbocycles. The summed E-state index contributed by atoms with van der Waals surface area (Å²) in [6, 6.07) is 9.68. The zero-order chi connectivity index (χ0) is 13.7. The standard InChI is InChI=1S/C14H20N2O3/c1-14(10-15,11-5-3-2-4-6-11)16-13(17)12-9-18-7-8-19-12/h2-6,12H,7-10,15H2,1H3,(H,16,17). The zero-order valence-electron chi connectivity index (χ0n) is 11.1. The second kappa shape index (κ2) is 6.14. The number of benzene rings is 1. The van der Waals surface area contributed by atoms with Gasteiger partial charge in [-0.1, -0.05) is 30.3 Å². The van der Waals surface area contributed by atoms with Crippen LogP contribution in [0.3, 0.4) is 0 Å². The molecule has 3 N–H and O–H groups in total. The highest BCUT2D eigenvalue weighted by atomic mass is 16.6. The van der Waals surface area contributed by atoms with Crippen LogP contribution in [0.15, 0.2) is 30.3 Å². The van der Waals surface area contributed by atoms with Crippen molar-refractivity contribution >= 4 is 5.91 Å². The molecule has 0 aromatic heterocycles. The van der Waals surface area contributed by atoms with Gasteiger partial charge in [0.2, 0.25) is 0 Å². The highest BCUT2D eigenvalue weighted by molar-refractivity contribution is 5.82. The molecule has 0 spiro atoms. The van der Waals surface area contributed by atoms with Gasteiger partial charge in [0.05, 0.1) is 25.4 Å². The molecule has 104 valence electrons. The maximum Gasteiger partial charge on any atom is 0.252 e. The van der Waals surface area contributed by atoms with Gasteiger partial charge in [-0.05, 0) is 12.5 Å². The molecule has 1 aliphatic heterocycles. The van der Waals surface area contributed by atoms with Crippen LogP contribution in [0.25, 0.3) is 0 Å². The van der Waals surface area contributed by atoms with Crippen LogP contribution in [0.2, 0.25) is 0 Å². The van der Waals surface area contributed by atoms with Gasteiger partial charge in [-0.3, -0.25) is 4.79 Å². The third-order valence-electron chi connectivity index (χ3n) is 3.33. The first-order valence-corrected chi connectivity index (χ1v) is 6.43. The summed E-state index contributed by atoms with van der Waals surface area (Å²) in [6.07, 6.45) is -0.552. The molecule has 2 rings (SSSR count). The van der Waals surface area contributed by atoms with Gasteiger partial charge in [-0.15, -0.1) is 0 Å². The summed E-state index contributed by atoms with van der Waals surface area (Å²) in [6.45, 7) is 3.50. The molecular weight excluding hydrogens is 244 g/mol. The molecule has 2 unspecified atom stereocenters. The van der Waals surface area contributed by atoms with E-state index < -0.39 is 11.6 Å². The Labute approximate surface area is 113 Å². The lowest BCUT2D eigenvalue weighted by Crippen LogP contribution is -2.54. The van der Waals surface area contributed by atoms with Gasteiger partial charge in [0.25, 0.3) is 5.91 Å². The van der Waals surface area contributed by atoms with E-state index in [1.165, 1.54) is 0 Å². The van der Waals surface area contributed by atoms with Crippen LogP contribution in [0.4, 0.5) is 0 Å². The molecule has 1 amide bonds. The van der Waals surface area contributed by atoms with Crippen molar-refractivity contribution in [2.75, 3.05) is 26.4 Å². The fraction of sp³-hybridized carbons (Fsp3) is 0.500. The highest BCUT2D eigenvalue weighted by Gasteiger charge is 2.31. The van der Waals surface area contributed by atoms with Crippen LogP contribution < -0.4 is 11.1 Å². The van der Waals surface area contributed by atoms with E-state index >= 15 is 0 Å². The van der Waals surface area contributed by atoms with Crippen molar-refractivity contribution < 1.29 is 14.3 Å². The van der Waals surface area contributed by atoms with Gasteiger partial charge in [0, 0.05) is 6.54 Å². The first kappa shape index (κ1) is 14.0. The van der Waals surface area contributed by atoms with Gasteiger partial charge in [0.1, 0.15) is 0 Å². The molecule has 1 aromatic rings. The minimum absolute atomic E-state index is 0.184. The molecule has 19 heavy (non-hydrogen) atoms. The molecule has 1 fully saturated rings. The Morgan fingerprint density at radius 1 is 1.42 bits per heavy atom. The monoisotopic (exact) mass is 264 g/mol. The van der Waals surface area contributed by atoms with Crippen LogP contribution in [-0.2, 0) is 19.8 Å². The van der Waals surface area contributed by atoms with Crippen molar-refractivity contribution in [1.29, 1.82) is 0 Å². The summed E-state index contributed by atoms with van der Waals surface area (Å²) in [5.41, 5.74) is 6.21. The van der Waals surface area contributed by atoms with Crippen molar-refractivity contribution in [2.24, 2.45) is 5.73 Å². The Morgan fingerprint density at radius 2 is 2.16 bits per heavy atom. The lowest BCUT2D eigenvalue weighted by atomic mass is 9.92. The third-order valence-corrected chi connectivity index (χ3v) is 3.33. The van der Waals surface area contributed by atoms with E-state index in [-0.39, 0.29) is 5.91 Å². The number of hydrogen-bond donors (Lipinski definition) is 2. The van der Waals surface area contributed by atoms with Gasteiger partial charge in [0.15, 0.2) is 6.10 Å². The van der Waals surface area contributed by atoms with Crippen molar-refractivity contribution in [1.82, 2.24) is 5.32 Å². The number of rotatable bonds is 4. The van der Waals surface area contributed by atoms with Gasteiger partial charge in [-0.2, -0.15) is 0 Å². The van der Waals surface area contributed by atoms with E-state index in [1.807, 2.05) is 37.3 Å². The molecule has 0 bridgehead atoms. The van der Waals surface area contributed by atoms with Crippen LogP contribution in [-0.4, -0.2) is 38.4 Å². The number of hydrogen-bond acceptors (Lipinski definition) is 4. The number of ether oxygens (including phenoxy) is 2. The summed E-state index contributed by atoms with van der Waals surface area (Å²) in [4.78, 5) is 12.2.